The van der Waals surface area contributed by atoms with Crippen molar-refractivity contribution in [3.8, 4) is 0 Å². The van der Waals surface area contributed by atoms with Gasteiger partial charge >= 0.3 is 5.97 Å². The molecule has 0 spiro atoms. The fourth-order valence-electron chi connectivity index (χ4n) is 2.10. The van der Waals surface area contributed by atoms with Crippen molar-refractivity contribution in [2.75, 3.05) is 7.11 Å². The van der Waals surface area contributed by atoms with Gasteiger partial charge in [0.05, 0.1) is 12.7 Å². The molecule has 3 aromatic rings. The SMILES string of the molecule is CCn1nnc2c(SCc3ccc(C(=O)OC)cc3)ncnc21. The molecule has 23 heavy (non-hydrogen) atoms. The minimum Gasteiger partial charge on any atom is -0.465 e. The van der Waals surface area contributed by atoms with E-state index in [1.807, 2.05) is 19.1 Å². The van der Waals surface area contributed by atoms with Crippen LogP contribution in [0.5, 0.6) is 0 Å². The average molecular weight is 329 g/mol. The second-order valence-electron chi connectivity index (χ2n) is 4.73. The normalized spacial score (nSPS) is 10.9. The third-order valence-corrected chi connectivity index (χ3v) is 4.37. The summed E-state index contributed by atoms with van der Waals surface area (Å²) in [6, 6.07) is 7.32. The van der Waals surface area contributed by atoms with Crippen LogP contribution in [-0.4, -0.2) is 38.0 Å². The number of thioether (sulfide) groups is 1. The maximum Gasteiger partial charge on any atom is 0.337 e. The molecule has 0 unspecified atom stereocenters. The lowest BCUT2D eigenvalue weighted by atomic mass is 10.1. The number of carbonyl (C=O) groups is 1. The Morgan fingerprint density at radius 3 is 2.74 bits per heavy atom. The smallest absolute Gasteiger partial charge is 0.337 e. The Labute approximate surface area is 137 Å². The highest BCUT2D eigenvalue weighted by molar-refractivity contribution is 7.98. The van der Waals surface area contributed by atoms with Gasteiger partial charge in [0, 0.05) is 12.3 Å². The molecule has 8 heteroatoms. The third-order valence-electron chi connectivity index (χ3n) is 3.32. The number of hydrogen-bond acceptors (Lipinski definition) is 7. The van der Waals surface area contributed by atoms with Crippen LogP contribution in [0.15, 0.2) is 35.6 Å². The molecule has 0 atom stereocenters. The van der Waals surface area contributed by atoms with Gasteiger partial charge in [0.1, 0.15) is 11.4 Å². The van der Waals surface area contributed by atoms with Crippen LogP contribution in [-0.2, 0) is 17.0 Å². The molecule has 2 heterocycles. The molecular weight excluding hydrogens is 314 g/mol. The minimum absolute atomic E-state index is 0.335. The first-order chi connectivity index (χ1) is 11.2. The van der Waals surface area contributed by atoms with Crippen LogP contribution >= 0.6 is 11.8 Å². The van der Waals surface area contributed by atoms with Crippen LogP contribution in [0.2, 0.25) is 0 Å². The number of nitrogens with zero attached hydrogens (tertiary/aromatic N) is 5. The van der Waals surface area contributed by atoms with Crippen molar-refractivity contribution in [1.82, 2.24) is 25.0 Å². The molecular formula is C15H15N5O2S. The number of methoxy groups -OCH3 is 1. The molecule has 0 aliphatic rings. The molecule has 3 rings (SSSR count). The monoisotopic (exact) mass is 329 g/mol. The van der Waals surface area contributed by atoms with E-state index in [4.69, 9.17) is 0 Å². The van der Waals surface area contributed by atoms with Crippen molar-refractivity contribution in [2.24, 2.45) is 0 Å². The summed E-state index contributed by atoms with van der Waals surface area (Å²) in [5.74, 6) is 0.380. The topological polar surface area (TPSA) is 82.8 Å². The number of fused-ring (bicyclic) bond motifs is 1. The predicted octanol–water partition coefficient (Wildman–Crippen LogP) is 2.32. The number of esters is 1. The van der Waals surface area contributed by atoms with E-state index >= 15 is 0 Å². The molecule has 0 aliphatic carbocycles. The van der Waals surface area contributed by atoms with E-state index in [9.17, 15) is 4.79 Å². The van der Waals surface area contributed by atoms with Crippen molar-refractivity contribution < 1.29 is 9.53 Å². The molecule has 0 saturated carbocycles. The van der Waals surface area contributed by atoms with Gasteiger partial charge in [-0.1, -0.05) is 29.1 Å². The number of aryl methyl sites for hydroxylation is 1. The summed E-state index contributed by atoms with van der Waals surface area (Å²) in [4.78, 5) is 19.9. The first-order valence-electron chi connectivity index (χ1n) is 7.07. The highest BCUT2D eigenvalue weighted by Gasteiger charge is 2.11. The van der Waals surface area contributed by atoms with Gasteiger partial charge in [-0.15, -0.1) is 5.10 Å². The van der Waals surface area contributed by atoms with Crippen LogP contribution in [0.3, 0.4) is 0 Å². The van der Waals surface area contributed by atoms with Crippen molar-refractivity contribution in [1.29, 1.82) is 0 Å². The fourth-order valence-corrected chi connectivity index (χ4v) is 2.98. The number of carbonyl (C=O) groups excluding carboxylic acids is 1. The largest absolute Gasteiger partial charge is 0.465 e. The van der Waals surface area contributed by atoms with Gasteiger partial charge in [-0.3, -0.25) is 0 Å². The molecule has 0 amide bonds. The number of benzene rings is 1. The van der Waals surface area contributed by atoms with E-state index in [-0.39, 0.29) is 5.97 Å². The number of ether oxygens (including phenoxy) is 1. The van der Waals surface area contributed by atoms with Crippen molar-refractivity contribution in [3.05, 3.63) is 41.7 Å². The van der Waals surface area contributed by atoms with Crippen LogP contribution in [0, 0.1) is 0 Å². The molecule has 7 nitrogen and oxygen atoms in total. The highest BCUT2D eigenvalue weighted by Crippen LogP contribution is 2.26. The predicted molar refractivity (Wildman–Crippen MR) is 86.1 cm³/mol. The lowest BCUT2D eigenvalue weighted by molar-refractivity contribution is 0.0600. The summed E-state index contributed by atoms with van der Waals surface area (Å²) in [6.07, 6.45) is 1.53. The zero-order valence-corrected chi connectivity index (χ0v) is 13.6. The Morgan fingerprint density at radius 1 is 1.26 bits per heavy atom. The minimum atomic E-state index is -0.335. The summed E-state index contributed by atoms with van der Waals surface area (Å²) >= 11 is 1.56. The van der Waals surface area contributed by atoms with E-state index in [0.717, 1.165) is 16.2 Å². The standard InChI is InChI=1S/C15H15N5O2S/c1-3-20-13-12(18-19-20)14(17-9-16-13)23-8-10-4-6-11(7-5-10)15(21)22-2/h4-7,9H,3,8H2,1-2H3. The van der Waals surface area contributed by atoms with Gasteiger partial charge in [0.2, 0.25) is 0 Å². The van der Waals surface area contributed by atoms with Gasteiger partial charge in [0.15, 0.2) is 11.2 Å². The van der Waals surface area contributed by atoms with Gasteiger partial charge in [-0.2, -0.15) is 0 Å². The summed E-state index contributed by atoms with van der Waals surface area (Å²) in [6.45, 7) is 2.71. The van der Waals surface area contributed by atoms with E-state index in [0.29, 0.717) is 23.4 Å². The molecule has 2 aromatic heterocycles. The van der Waals surface area contributed by atoms with E-state index in [1.54, 1.807) is 28.6 Å². The molecule has 0 saturated heterocycles. The van der Waals surface area contributed by atoms with Crippen LogP contribution in [0.1, 0.15) is 22.8 Å². The summed E-state index contributed by atoms with van der Waals surface area (Å²) < 4.78 is 6.43. The zero-order chi connectivity index (χ0) is 16.2. The molecule has 0 radical (unpaired) electrons. The van der Waals surface area contributed by atoms with Crippen molar-refractivity contribution in [2.45, 2.75) is 24.2 Å². The maximum absolute atomic E-state index is 11.4. The third kappa shape index (κ3) is 3.16. The molecule has 0 bridgehead atoms. The van der Waals surface area contributed by atoms with Gasteiger partial charge in [-0.25, -0.2) is 19.4 Å². The van der Waals surface area contributed by atoms with Crippen LogP contribution in [0.25, 0.3) is 11.2 Å². The number of aromatic nitrogens is 5. The molecule has 118 valence electrons. The second kappa shape index (κ2) is 6.74. The molecule has 0 fully saturated rings. The lowest BCUT2D eigenvalue weighted by Gasteiger charge is -2.03. The first-order valence-corrected chi connectivity index (χ1v) is 8.05. The lowest BCUT2D eigenvalue weighted by Crippen LogP contribution is -2.00. The van der Waals surface area contributed by atoms with Crippen LogP contribution < -0.4 is 0 Å². The van der Waals surface area contributed by atoms with Crippen molar-refractivity contribution >= 4 is 28.9 Å². The van der Waals surface area contributed by atoms with Crippen LogP contribution in [0.4, 0.5) is 0 Å². The number of rotatable bonds is 5. The quantitative estimate of drug-likeness (QED) is 0.403. The summed E-state index contributed by atoms with van der Waals surface area (Å²) in [7, 11) is 1.37. The van der Waals surface area contributed by atoms with E-state index in [2.05, 4.69) is 25.0 Å². The molecule has 0 N–H and O–H groups in total. The summed E-state index contributed by atoms with van der Waals surface area (Å²) in [5, 5.41) is 9.02. The number of hydrogen-bond donors (Lipinski definition) is 0. The second-order valence-corrected chi connectivity index (χ2v) is 5.70. The van der Waals surface area contributed by atoms with E-state index in [1.165, 1.54) is 13.4 Å². The van der Waals surface area contributed by atoms with Gasteiger partial charge < -0.3 is 4.74 Å². The van der Waals surface area contributed by atoms with Gasteiger partial charge in [0.25, 0.3) is 0 Å². The Hall–Kier alpha value is -2.48. The van der Waals surface area contributed by atoms with Crippen molar-refractivity contribution in [3.63, 3.8) is 0 Å². The average Bonchev–Trinajstić information content (AvgIpc) is 3.03. The summed E-state index contributed by atoms with van der Waals surface area (Å²) in [5.41, 5.74) is 3.07. The fraction of sp³-hybridized carbons (Fsp3) is 0.267. The first kappa shape index (κ1) is 15.4. The maximum atomic E-state index is 11.4. The highest BCUT2D eigenvalue weighted by atomic mass is 32.2. The molecule has 0 aliphatic heterocycles. The Kier molecular flexibility index (Phi) is 4.52. The Bertz CT molecular complexity index is 832. The van der Waals surface area contributed by atoms with E-state index < -0.39 is 0 Å². The molecule has 1 aromatic carbocycles. The van der Waals surface area contributed by atoms with Gasteiger partial charge in [-0.05, 0) is 24.6 Å². The Morgan fingerprint density at radius 2 is 2.04 bits per heavy atom. The Balaban J connectivity index is 1.76. The zero-order valence-electron chi connectivity index (χ0n) is 12.8.